The normalized spacial score (nSPS) is 15.6. The van der Waals surface area contributed by atoms with Crippen LogP contribution in [0, 0.1) is 0 Å². The Kier molecular flexibility index (Phi) is 6.89. The van der Waals surface area contributed by atoms with E-state index in [1.54, 1.807) is 12.1 Å². The molecule has 0 saturated carbocycles. The van der Waals surface area contributed by atoms with Crippen molar-refractivity contribution in [1.82, 2.24) is 9.80 Å². The third-order valence-corrected chi connectivity index (χ3v) is 4.63. The van der Waals surface area contributed by atoms with Crippen LogP contribution >= 0.6 is 11.6 Å². The maximum atomic E-state index is 12.2. The van der Waals surface area contributed by atoms with E-state index in [1.165, 1.54) is 0 Å². The molecule has 1 fully saturated rings. The first-order valence-electron chi connectivity index (χ1n) is 8.87. The summed E-state index contributed by atoms with van der Waals surface area (Å²) in [6.07, 6.45) is 0. The Bertz CT molecular complexity index is 686. The minimum Gasteiger partial charge on any atom is -0.492 e. The highest BCUT2D eigenvalue weighted by Crippen LogP contribution is 2.13. The number of carbonyl (C=O) groups excluding carboxylic acids is 1. The van der Waals surface area contributed by atoms with Gasteiger partial charge in [-0.05, 0) is 36.4 Å². The molecule has 1 saturated heterocycles. The summed E-state index contributed by atoms with van der Waals surface area (Å²) in [6, 6.07) is 17.0. The van der Waals surface area contributed by atoms with E-state index in [-0.39, 0.29) is 5.91 Å². The molecular formula is C20H24ClN3O2. The summed E-state index contributed by atoms with van der Waals surface area (Å²) >= 11 is 5.85. The lowest BCUT2D eigenvalue weighted by molar-refractivity contribution is -0.117. The van der Waals surface area contributed by atoms with E-state index in [0.29, 0.717) is 18.2 Å². The van der Waals surface area contributed by atoms with Gasteiger partial charge >= 0.3 is 0 Å². The molecule has 0 aromatic heterocycles. The number of carbonyl (C=O) groups is 1. The zero-order valence-electron chi connectivity index (χ0n) is 14.7. The number of ether oxygens (including phenoxy) is 1. The van der Waals surface area contributed by atoms with Crippen LogP contribution in [-0.4, -0.2) is 61.6 Å². The molecule has 1 aliphatic rings. The van der Waals surface area contributed by atoms with Gasteiger partial charge in [-0.1, -0.05) is 29.8 Å². The molecule has 0 bridgehead atoms. The van der Waals surface area contributed by atoms with Crippen LogP contribution in [0.5, 0.6) is 5.75 Å². The average molecular weight is 374 g/mol. The number of benzene rings is 2. The molecule has 1 N–H and O–H groups in total. The van der Waals surface area contributed by atoms with Gasteiger partial charge in [0.1, 0.15) is 12.4 Å². The molecule has 2 aromatic rings. The molecule has 1 heterocycles. The van der Waals surface area contributed by atoms with Crippen molar-refractivity contribution < 1.29 is 9.53 Å². The predicted octanol–water partition coefficient (Wildman–Crippen LogP) is 2.98. The van der Waals surface area contributed by atoms with Crippen molar-refractivity contribution in [3.63, 3.8) is 0 Å². The van der Waals surface area contributed by atoms with E-state index in [9.17, 15) is 4.79 Å². The average Bonchev–Trinajstić information content (AvgIpc) is 2.66. The van der Waals surface area contributed by atoms with E-state index in [1.807, 2.05) is 42.5 Å². The minimum atomic E-state index is 0.00758. The lowest BCUT2D eigenvalue weighted by Crippen LogP contribution is -2.49. The summed E-state index contributed by atoms with van der Waals surface area (Å²) in [5, 5.41) is 3.57. The van der Waals surface area contributed by atoms with Crippen molar-refractivity contribution in [1.29, 1.82) is 0 Å². The van der Waals surface area contributed by atoms with Crippen LogP contribution in [-0.2, 0) is 4.79 Å². The molecule has 26 heavy (non-hydrogen) atoms. The molecule has 0 spiro atoms. The summed E-state index contributed by atoms with van der Waals surface area (Å²) in [7, 11) is 0. The van der Waals surface area contributed by atoms with Gasteiger partial charge in [-0.2, -0.15) is 0 Å². The van der Waals surface area contributed by atoms with Gasteiger partial charge in [0.25, 0.3) is 0 Å². The van der Waals surface area contributed by atoms with Gasteiger partial charge in [0.05, 0.1) is 6.54 Å². The molecule has 2 aromatic carbocycles. The number of rotatable bonds is 7. The van der Waals surface area contributed by atoms with Crippen LogP contribution in [0.3, 0.4) is 0 Å². The predicted molar refractivity (Wildman–Crippen MR) is 105 cm³/mol. The second kappa shape index (κ2) is 9.57. The second-order valence-electron chi connectivity index (χ2n) is 6.33. The molecule has 1 aliphatic heterocycles. The molecular weight excluding hydrogens is 350 g/mol. The number of amides is 1. The van der Waals surface area contributed by atoms with Crippen LogP contribution in [0.15, 0.2) is 54.6 Å². The van der Waals surface area contributed by atoms with E-state index >= 15 is 0 Å². The third-order valence-electron chi connectivity index (χ3n) is 4.38. The lowest BCUT2D eigenvalue weighted by atomic mass is 10.3. The van der Waals surface area contributed by atoms with Crippen molar-refractivity contribution in [2.45, 2.75) is 0 Å². The minimum absolute atomic E-state index is 0.00758. The standard InChI is InChI=1S/C20H24ClN3O2/c21-17-6-8-18(9-7-17)22-20(25)16-24-12-10-23(11-13-24)14-15-26-19-4-2-1-3-5-19/h1-9H,10-16H2,(H,22,25). The first kappa shape index (κ1) is 18.7. The first-order valence-corrected chi connectivity index (χ1v) is 9.25. The molecule has 0 unspecified atom stereocenters. The summed E-state index contributed by atoms with van der Waals surface area (Å²) < 4.78 is 5.75. The Morgan fingerprint density at radius 1 is 0.962 bits per heavy atom. The molecule has 0 aliphatic carbocycles. The smallest absolute Gasteiger partial charge is 0.238 e. The van der Waals surface area contributed by atoms with E-state index in [2.05, 4.69) is 15.1 Å². The SMILES string of the molecule is O=C(CN1CCN(CCOc2ccccc2)CC1)Nc1ccc(Cl)cc1. The van der Waals surface area contributed by atoms with Crippen molar-refractivity contribution in [2.75, 3.05) is 51.2 Å². The largest absolute Gasteiger partial charge is 0.492 e. The van der Waals surface area contributed by atoms with Gasteiger partial charge in [0.2, 0.25) is 5.91 Å². The number of piperazine rings is 1. The number of hydrogen-bond acceptors (Lipinski definition) is 4. The number of nitrogens with one attached hydrogen (secondary N) is 1. The van der Waals surface area contributed by atoms with Crippen molar-refractivity contribution >= 4 is 23.2 Å². The van der Waals surface area contributed by atoms with Gasteiger partial charge in [-0.15, -0.1) is 0 Å². The number of anilines is 1. The zero-order chi connectivity index (χ0) is 18.2. The highest BCUT2D eigenvalue weighted by atomic mass is 35.5. The van der Waals surface area contributed by atoms with Crippen LogP contribution < -0.4 is 10.1 Å². The Morgan fingerprint density at radius 2 is 1.62 bits per heavy atom. The van der Waals surface area contributed by atoms with E-state index < -0.39 is 0 Å². The number of nitrogens with zero attached hydrogens (tertiary/aromatic N) is 2. The molecule has 0 radical (unpaired) electrons. The summed E-state index contributed by atoms with van der Waals surface area (Å²) in [6.45, 7) is 5.68. The highest BCUT2D eigenvalue weighted by molar-refractivity contribution is 6.30. The summed E-state index contributed by atoms with van der Waals surface area (Å²) in [4.78, 5) is 16.7. The fourth-order valence-electron chi connectivity index (χ4n) is 2.92. The fourth-order valence-corrected chi connectivity index (χ4v) is 3.04. The Hall–Kier alpha value is -2.08. The van der Waals surface area contributed by atoms with E-state index in [0.717, 1.165) is 44.2 Å². The van der Waals surface area contributed by atoms with Crippen LogP contribution in [0.2, 0.25) is 5.02 Å². The quantitative estimate of drug-likeness (QED) is 0.810. The first-order chi connectivity index (χ1) is 12.7. The van der Waals surface area contributed by atoms with Crippen molar-refractivity contribution in [3.05, 3.63) is 59.6 Å². The number of halogens is 1. The Labute approximate surface area is 159 Å². The Balaban J connectivity index is 1.33. The fraction of sp³-hybridized carbons (Fsp3) is 0.350. The van der Waals surface area contributed by atoms with Crippen LogP contribution in [0.25, 0.3) is 0 Å². The topological polar surface area (TPSA) is 44.8 Å². The molecule has 0 atom stereocenters. The molecule has 5 nitrogen and oxygen atoms in total. The van der Waals surface area contributed by atoms with Crippen molar-refractivity contribution in [3.8, 4) is 5.75 Å². The maximum Gasteiger partial charge on any atom is 0.238 e. The van der Waals surface area contributed by atoms with Gasteiger partial charge in [-0.25, -0.2) is 0 Å². The van der Waals surface area contributed by atoms with Crippen LogP contribution in [0.1, 0.15) is 0 Å². The molecule has 3 rings (SSSR count). The van der Waals surface area contributed by atoms with Gasteiger partial charge in [-0.3, -0.25) is 14.6 Å². The summed E-state index contributed by atoms with van der Waals surface area (Å²) in [5.74, 6) is 0.915. The monoisotopic (exact) mass is 373 g/mol. The van der Waals surface area contributed by atoms with Crippen molar-refractivity contribution in [2.24, 2.45) is 0 Å². The summed E-state index contributed by atoms with van der Waals surface area (Å²) in [5.41, 5.74) is 0.774. The van der Waals surface area contributed by atoms with Gasteiger partial charge in [0, 0.05) is 43.4 Å². The number of hydrogen-bond donors (Lipinski definition) is 1. The highest BCUT2D eigenvalue weighted by Gasteiger charge is 2.18. The van der Waals surface area contributed by atoms with Gasteiger partial charge in [0.15, 0.2) is 0 Å². The number of para-hydroxylation sites is 1. The lowest BCUT2D eigenvalue weighted by Gasteiger charge is -2.34. The maximum absolute atomic E-state index is 12.2. The molecule has 138 valence electrons. The molecule has 6 heteroatoms. The molecule has 1 amide bonds. The second-order valence-corrected chi connectivity index (χ2v) is 6.77. The zero-order valence-corrected chi connectivity index (χ0v) is 15.5. The van der Waals surface area contributed by atoms with Crippen LogP contribution in [0.4, 0.5) is 5.69 Å². The van der Waals surface area contributed by atoms with Gasteiger partial charge < -0.3 is 10.1 Å². The Morgan fingerprint density at radius 3 is 2.31 bits per heavy atom. The van der Waals surface area contributed by atoms with E-state index in [4.69, 9.17) is 16.3 Å². The third kappa shape index (κ3) is 6.02.